The van der Waals surface area contributed by atoms with E-state index in [0.29, 0.717) is 23.5 Å². The van der Waals surface area contributed by atoms with Gasteiger partial charge in [-0.3, -0.25) is 4.68 Å². The fourth-order valence-electron chi connectivity index (χ4n) is 2.66. The lowest BCUT2D eigenvalue weighted by Gasteiger charge is -2.15. The molecule has 0 amide bonds. The Hall–Kier alpha value is -2.52. The van der Waals surface area contributed by atoms with Gasteiger partial charge in [-0.25, -0.2) is 14.8 Å². The Balaban J connectivity index is 1.89. The van der Waals surface area contributed by atoms with Crippen molar-refractivity contribution >= 4 is 25.2 Å². The second kappa shape index (κ2) is 7.61. The molecule has 0 aliphatic carbocycles. The van der Waals surface area contributed by atoms with Gasteiger partial charge in [0.2, 0.25) is 0 Å². The van der Waals surface area contributed by atoms with E-state index < -0.39 is 14.0 Å². The van der Waals surface area contributed by atoms with Gasteiger partial charge in [0, 0.05) is 39.2 Å². The maximum Gasteiger partial charge on any atom is 0.339 e. The molecule has 144 valence electrons. The number of carbonyl (C=O) groups is 1. The predicted molar refractivity (Wildman–Crippen MR) is 105 cm³/mol. The van der Waals surface area contributed by atoms with Crippen LogP contribution in [-0.4, -0.2) is 50.1 Å². The first-order valence-corrected chi connectivity index (χ1v) is 12.7. The van der Waals surface area contributed by atoms with Crippen LogP contribution in [0.25, 0.3) is 22.4 Å². The molecular weight excluding hydrogens is 362 g/mol. The zero-order valence-electron chi connectivity index (χ0n) is 16.1. The summed E-state index contributed by atoms with van der Waals surface area (Å²) in [6.07, 6.45) is 6.76. The van der Waals surface area contributed by atoms with E-state index >= 15 is 0 Å². The molecule has 0 bridgehead atoms. The number of nitrogens with zero attached hydrogens (tertiary/aromatic N) is 5. The smallest absolute Gasteiger partial charge is 0.339 e. The Morgan fingerprint density at radius 1 is 1.26 bits per heavy atom. The van der Waals surface area contributed by atoms with Gasteiger partial charge < -0.3 is 14.4 Å². The van der Waals surface area contributed by atoms with Crippen molar-refractivity contribution in [2.45, 2.75) is 45.9 Å². The molecule has 0 aliphatic rings. The second-order valence-corrected chi connectivity index (χ2v) is 13.3. The van der Waals surface area contributed by atoms with Gasteiger partial charge in [-0.1, -0.05) is 19.6 Å². The van der Waals surface area contributed by atoms with Crippen molar-refractivity contribution in [2.75, 3.05) is 6.61 Å². The number of rotatable bonds is 8. The van der Waals surface area contributed by atoms with E-state index in [1.54, 1.807) is 27.8 Å². The highest BCUT2D eigenvalue weighted by molar-refractivity contribution is 6.76. The first-order chi connectivity index (χ1) is 12.8. The summed E-state index contributed by atoms with van der Waals surface area (Å²) in [6, 6.07) is 1.05. The van der Waals surface area contributed by atoms with Gasteiger partial charge in [0.1, 0.15) is 17.8 Å². The van der Waals surface area contributed by atoms with Crippen LogP contribution in [0.4, 0.5) is 0 Å². The Kier molecular flexibility index (Phi) is 5.42. The minimum atomic E-state index is -1.17. The summed E-state index contributed by atoms with van der Waals surface area (Å²) in [4.78, 5) is 20.6. The van der Waals surface area contributed by atoms with Gasteiger partial charge in [-0.05, 0) is 13.0 Å². The molecule has 0 saturated carbocycles. The molecule has 1 N–H and O–H groups in total. The van der Waals surface area contributed by atoms with Crippen LogP contribution in [0.3, 0.4) is 0 Å². The molecule has 0 aromatic carbocycles. The molecule has 3 aromatic heterocycles. The summed E-state index contributed by atoms with van der Waals surface area (Å²) in [5, 5.41) is 13.8. The molecule has 0 radical (unpaired) electrons. The number of carboxylic acid groups (broad SMARTS) is 1. The Morgan fingerprint density at radius 2 is 2.04 bits per heavy atom. The number of hydrogen-bond acceptors (Lipinski definition) is 5. The number of ether oxygens (including phenoxy) is 1. The first kappa shape index (κ1) is 19.2. The van der Waals surface area contributed by atoms with Gasteiger partial charge in [-0.2, -0.15) is 5.10 Å². The van der Waals surface area contributed by atoms with E-state index in [2.05, 4.69) is 34.7 Å². The average Bonchev–Trinajstić information content (AvgIpc) is 3.22. The summed E-state index contributed by atoms with van der Waals surface area (Å²) in [7, 11) is -1.17. The van der Waals surface area contributed by atoms with Crippen LogP contribution >= 0.6 is 0 Å². The molecule has 0 unspecified atom stereocenters. The van der Waals surface area contributed by atoms with Crippen molar-refractivity contribution in [3.63, 3.8) is 0 Å². The molecule has 0 atom stereocenters. The summed E-state index contributed by atoms with van der Waals surface area (Å²) in [6.45, 7) is 10.5. The topological polar surface area (TPSA) is 95.1 Å². The molecule has 0 aliphatic heterocycles. The lowest BCUT2D eigenvalue weighted by molar-refractivity contribution is 0.0696. The lowest BCUT2D eigenvalue weighted by Crippen LogP contribution is -2.22. The van der Waals surface area contributed by atoms with Crippen LogP contribution in [0.5, 0.6) is 0 Å². The van der Waals surface area contributed by atoms with Crippen molar-refractivity contribution in [1.29, 1.82) is 0 Å². The highest BCUT2D eigenvalue weighted by Crippen LogP contribution is 2.23. The molecule has 8 nitrogen and oxygen atoms in total. The normalized spacial score (nSPS) is 12.0. The lowest BCUT2D eigenvalue weighted by atomic mass is 10.2. The van der Waals surface area contributed by atoms with Crippen molar-refractivity contribution in [3.05, 3.63) is 30.4 Å². The van der Waals surface area contributed by atoms with Crippen LogP contribution < -0.4 is 0 Å². The quantitative estimate of drug-likeness (QED) is 0.470. The van der Waals surface area contributed by atoms with Crippen molar-refractivity contribution < 1.29 is 14.6 Å². The fraction of sp³-hybridized carbons (Fsp3) is 0.444. The van der Waals surface area contributed by atoms with Crippen LogP contribution in [-0.2, 0) is 18.0 Å². The van der Waals surface area contributed by atoms with Gasteiger partial charge in [-0.15, -0.1) is 0 Å². The van der Waals surface area contributed by atoms with Gasteiger partial charge in [0.25, 0.3) is 0 Å². The van der Waals surface area contributed by atoms with E-state index in [-0.39, 0.29) is 12.3 Å². The maximum atomic E-state index is 11.7. The minimum Gasteiger partial charge on any atom is -0.478 e. The van der Waals surface area contributed by atoms with Crippen molar-refractivity contribution in [3.8, 4) is 11.3 Å². The molecule has 27 heavy (non-hydrogen) atoms. The van der Waals surface area contributed by atoms with Crippen molar-refractivity contribution in [2.24, 2.45) is 0 Å². The van der Waals surface area contributed by atoms with Gasteiger partial charge in [0.05, 0.1) is 18.1 Å². The fourth-order valence-corrected chi connectivity index (χ4v) is 3.41. The number of aromatic nitrogens is 5. The third kappa shape index (κ3) is 4.42. The summed E-state index contributed by atoms with van der Waals surface area (Å²) in [5.74, 6) is -1.03. The third-order valence-electron chi connectivity index (χ3n) is 4.28. The molecule has 0 fully saturated rings. The minimum absolute atomic E-state index is 0.121. The Bertz CT molecular complexity index is 958. The molecule has 0 saturated heterocycles. The number of aromatic carboxylic acids is 1. The molecule has 9 heteroatoms. The third-order valence-corrected chi connectivity index (χ3v) is 5.98. The molecule has 3 heterocycles. The second-order valence-electron chi connectivity index (χ2n) is 7.68. The van der Waals surface area contributed by atoms with Crippen molar-refractivity contribution in [1.82, 2.24) is 24.3 Å². The first-order valence-electron chi connectivity index (χ1n) is 8.98. The van der Waals surface area contributed by atoms with E-state index in [9.17, 15) is 9.90 Å². The van der Waals surface area contributed by atoms with E-state index in [1.165, 1.54) is 0 Å². The zero-order chi connectivity index (χ0) is 19.6. The monoisotopic (exact) mass is 387 g/mol. The molecule has 3 aromatic rings. The number of aryl methyl sites for hydroxylation is 1. The SMILES string of the molecule is CCn1cc(-c2cnc3c(n2)c(C(=O)O)cn3COCC[Si](C)(C)C)cn1. The van der Waals surface area contributed by atoms with E-state index in [4.69, 9.17) is 4.74 Å². The van der Waals surface area contributed by atoms with Gasteiger partial charge in [0.15, 0.2) is 5.65 Å². The zero-order valence-corrected chi connectivity index (χ0v) is 17.1. The summed E-state index contributed by atoms with van der Waals surface area (Å²) < 4.78 is 9.25. The summed E-state index contributed by atoms with van der Waals surface area (Å²) in [5.41, 5.74) is 2.39. The highest BCUT2D eigenvalue weighted by atomic mass is 28.3. The Morgan fingerprint density at radius 3 is 2.67 bits per heavy atom. The average molecular weight is 388 g/mol. The van der Waals surface area contributed by atoms with E-state index in [0.717, 1.165) is 18.2 Å². The standard InChI is InChI=1S/C18H25N5O3Si/c1-5-23-10-13(8-20-23)15-9-19-17-16(21-15)14(18(24)25)11-22(17)12-26-6-7-27(2,3)4/h8-11H,5-7,12H2,1-4H3,(H,24,25). The van der Waals surface area contributed by atoms with Crippen LogP contribution in [0.1, 0.15) is 17.3 Å². The highest BCUT2D eigenvalue weighted by Gasteiger charge is 2.19. The number of carboxylic acids is 1. The predicted octanol–water partition coefficient (Wildman–Crippen LogP) is 3.33. The Labute approximate surface area is 158 Å². The molecular formula is C18H25N5O3Si. The maximum absolute atomic E-state index is 11.7. The summed E-state index contributed by atoms with van der Waals surface area (Å²) >= 11 is 0. The molecule has 0 spiro atoms. The molecule has 3 rings (SSSR count). The van der Waals surface area contributed by atoms with Gasteiger partial charge >= 0.3 is 5.97 Å². The van der Waals surface area contributed by atoms with Crippen LogP contribution in [0.15, 0.2) is 24.8 Å². The number of fused-ring (bicyclic) bond motifs is 1. The number of hydrogen-bond donors (Lipinski definition) is 1. The van der Waals surface area contributed by atoms with Crippen LogP contribution in [0, 0.1) is 0 Å². The van der Waals surface area contributed by atoms with Crippen LogP contribution in [0.2, 0.25) is 25.7 Å². The van der Waals surface area contributed by atoms with E-state index in [1.807, 2.05) is 13.1 Å². The largest absolute Gasteiger partial charge is 0.478 e.